The summed E-state index contributed by atoms with van der Waals surface area (Å²) >= 11 is 1.79. The second-order valence-electron chi connectivity index (χ2n) is 5.05. The maximum absolute atomic E-state index is 5.84. The number of aromatic nitrogens is 2. The molecular formula is C16H19N3S. The van der Waals surface area contributed by atoms with Crippen LogP contribution in [-0.2, 0) is 0 Å². The lowest BCUT2D eigenvalue weighted by molar-refractivity contribution is 0.595. The third kappa shape index (κ3) is 2.49. The van der Waals surface area contributed by atoms with Gasteiger partial charge in [-0.3, -0.25) is 0 Å². The molecule has 2 heterocycles. The van der Waals surface area contributed by atoms with Crippen LogP contribution in [0.1, 0.15) is 31.5 Å². The van der Waals surface area contributed by atoms with Crippen LogP contribution < -0.4 is 5.73 Å². The summed E-state index contributed by atoms with van der Waals surface area (Å²) in [4.78, 5) is 9.20. The summed E-state index contributed by atoms with van der Waals surface area (Å²) in [5.41, 5.74) is 6.94. The largest absolute Gasteiger partial charge is 0.341 e. The molecule has 0 saturated heterocycles. The molecule has 104 valence electrons. The molecular weight excluding hydrogens is 266 g/mol. The van der Waals surface area contributed by atoms with Crippen LogP contribution >= 0.6 is 11.3 Å². The molecule has 0 fully saturated rings. The first-order chi connectivity index (χ1) is 9.81. The summed E-state index contributed by atoms with van der Waals surface area (Å²) in [7, 11) is 0. The van der Waals surface area contributed by atoms with Crippen LogP contribution in [0.15, 0.2) is 36.5 Å². The number of nitrogens with two attached hydrogens (primary N) is 1. The number of imidazole rings is 1. The van der Waals surface area contributed by atoms with Crippen molar-refractivity contribution in [3.8, 4) is 10.6 Å². The molecule has 2 aromatic heterocycles. The third-order valence-electron chi connectivity index (χ3n) is 3.59. The van der Waals surface area contributed by atoms with E-state index in [0.717, 1.165) is 24.4 Å². The van der Waals surface area contributed by atoms with E-state index in [-0.39, 0.29) is 0 Å². The second kappa shape index (κ2) is 5.77. The summed E-state index contributed by atoms with van der Waals surface area (Å²) in [6.07, 6.45) is 4.13. The van der Waals surface area contributed by atoms with Gasteiger partial charge in [0, 0.05) is 17.2 Å². The number of fused-ring (bicyclic) bond motifs is 1. The SMILES string of the molecule is CCCC(CN)c1ncc(-c2cc3ccccc3s2)[nH]1. The van der Waals surface area contributed by atoms with Gasteiger partial charge in [0.1, 0.15) is 5.82 Å². The molecule has 0 spiro atoms. The zero-order valence-electron chi connectivity index (χ0n) is 11.6. The lowest BCUT2D eigenvalue weighted by Crippen LogP contribution is -2.13. The molecule has 1 unspecified atom stereocenters. The van der Waals surface area contributed by atoms with E-state index in [1.54, 1.807) is 11.3 Å². The summed E-state index contributed by atoms with van der Waals surface area (Å²) in [6.45, 7) is 2.83. The predicted molar refractivity (Wildman–Crippen MR) is 86.1 cm³/mol. The minimum absolute atomic E-state index is 0.336. The molecule has 0 aliphatic rings. The number of aromatic amines is 1. The average Bonchev–Trinajstić information content (AvgIpc) is 3.10. The van der Waals surface area contributed by atoms with E-state index in [1.807, 2.05) is 6.20 Å². The molecule has 0 amide bonds. The fraction of sp³-hybridized carbons (Fsp3) is 0.312. The van der Waals surface area contributed by atoms with Crippen molar-refractivity contribution in [1.29, 1.82) is 0 Å². The molecule has 0 aliphatic heterocycles. The molecule has 3 N–H and O–H groups in total. The van der Waals surface area contributed by atoms with E-state index in [2.05, 4.69) is 47.2 Å². The number of benzene rings is 1. The Morgan fingerprint density at radius 3 is 2.95 bits per heavy atom. The fourth-order valence-electron chi connectivity index (χ4n) is 2.50. The highest BCUT2D eigenvalue weighted by Gasteiger charge is 2.14. The van der Waals surface area contributed by atoms with E-state index in [1.165, 1.54) is 15.0 Å². The molecule has 1 aromatic carbocycles. The molecule has 3 aromatic rings. The Morgan fingerprint density at radius 1 is 1.35 bits per heavy atom. The van der Waals surface area contributed by atoms with E-state index in [9.17, 15) is 0 Å². The number of rotatable bonds is 5. The van der Waals surface area contributed by atoms with Crippen LogP contribution in [0.25, 0.3) is 20.7 Å². The van der Waals surface area contributed by atoms with Crippen LogP contribution in [-0.4, -0.2) is 16.5 Å². The summed E-state index contributed by atoms with van der Waals surface area (Å²) in [6, 6.07) is 10.7. The average molecular weight is 285 g/mol. The van der Waals surface area contributed by atoms with Crippen LogP contribution in [0.4, 0.5) is 0 Å². The summed E-state index contributed by atoms with van der Waals surface area (Å²) in [5.74, 6) is 1.35. The number of nitrogens with zero attached hydrogens (tertiary/aromatic N) is 1. The van der Waals surface area contributed by atoms with Gasteiger partial charge in [-0.05, 0) is 23.9 Å². The first-order valence-electron chi connectivity index (χ1n) is 7.05. The molecule has 3 nitrogen and oxygen atoms in total. The van der Waals surface area contributed by atoms with Gasteiger partial charge in [0.2, 0.25) is 0 Å². The maximum atomic E-state index is 5.84. The van der Waals surface area contributed by atoms with Crippen molar-refractivity contribution in [2.75, 3.05) is 6.54 Å². The smallest absolute Gasteiger partial charge is 0.110 e. The predicted octanol–water partition coefficient (Wildman–Crippen LogP) is 4.13. The third-order valence-corrected chi connectivity index (χ3v) is 4.74. The molecule has 0 bridgehead atoms. The van der Waals surface area contributed by atoms with Crippen LogP contribution in [0.5, 0.6) is 0 Å². The fourth-order valence-corrected chi connectivity index (χ4v) is 3.53. The van der Waals surface area contributed by atoms with Crippen molar-refractivity contribution in [3.05, 3.63) is 42.4 Å². The number of thiophene rings is 1. The van der Waals surface area contributed by atoms with Crippen molar-refractivity contribution < 1.29 is 0 Å². The van der Waals surface area contributed by atoms with Gasteiger partial charge in [-0.25, -0.2) is 4.98 Å². The Balaban J connectivity index is 1.92. The number of H-pyrrole nitrogens is 1. The number of nitrogens with one attached hydrogen (secondary N) is 1. The Hall–Kier alpha value is -1.65. The quantitative estimate of drug-likeness (QED) is 0.740. The Morgan fingerprint density at radius 2 is 2.20 bits per heavy atom. The topological polar surface area (TPSA) is 54.7 Å². The van der Waals surface area contributed by atoms with Crippen LogP contribution in [0, 0.1) is 0 Å². The van der Waals surface area contributed by atoms with Crippen molar-refractivity contribution in [2.45, 2.75) is 25.7 Å². The van der Waals surface area contributed by atoms with E-state index in [0.29, 0.717) is 12.5 Å². The standard InChI is InChI=1S/C16H19N3S/c1-2-5-12(9-17)16-18-10-13(19-16)15-8-11-6-3-4-7-14(11)20-15/h3-4,6-8,10,12H,2,5,9,17H2,1H3,(H,18,19). The van der Waals surface area contributed by atoms with Gasteiger partial charge in [0.25, 0.3) is 0 Å². The molecule has 0 saturated carbocycles. The first-order valence-corrected chi connectivity index (χ1v) is 7.87. The van der Waals surface area contributed by atoms with Gasteiger partial charge in [-0.15, -0.1) is 11.3 Å². The van der Waals surface area contributed by atoms with Crippen molar-refractivity contribution in [1.82, 2.24) is 9.97 Å². The highest BCUT2D eigenvalue weighted by Crippen LogP contribution is 2.33. The lowest BCUT2D eigenvalue weighted by Gasteiger charge is -2.09. The number of hydrogen-bond acceptors (Lipinski definition) is 3. The zero-order valence-corrected chi connectivity index (χ0v) is 12.4. The van der Waals surface area contributed by atoms with E-state index >= 15 is 0 Å². The van der Waals surface area contributed by atoms with E-state index in [4.69, 9.17) is 5.73 Å². The van der Waals surface area contributed by atoms with Crippen molar-refractivity contribution in [3.63, 3.8) is 0 Å². The number of hydrogen-bond donors (Lipinski definition) is 2. The second-order valence-corrected chi connectivity index (χ2v) is 6.14. The van der Waals surface area contributed by atoms with Gasteiger partial charge in [-0.1, -0.05) is 31.5 Å². The Labute approximate surface area is 122 Å². The van der Waals surface area contributed by atoms with Gasteiger partial charge in [0.05, 0.1) is 16.8 Å². The lowest BCUT2D eigenvalue weighted by atomic mass is 10.0. The highest BCUT2D eigenvalue weighted by atomic mass is 32.1. The monoisotopic (exact) mass is 285 g/mol. The molecule has 4 heteroatoms. The van der Waals surface area contributed by atoms with Gasteiger partial charge < -0.3 is 10.7 Å². The Kier molecular flexibility index (Phi) is 3.85. The van der Waals surface area contributed by atoms with Crippen molar-refractivity contribution >= 4 is 21.4 Å². The van der Waals surface area contributed by atoms with Crippen LogP contribution in [0.3, 0.4) is 0 Å². The molecule has 1 atom stereocenters. The summed E-state index contributed by atoms with van der Waals surface area (Å²) in [5, 5.41) is 1.28. The zero-order chi connectivity index (χ0) is 13.9. The summed E-state index contributed by atoms with van der Waals surface area (Å²) < 4.78 is 1.31. The van der Waals surface area contributed by atoms with Crippen LogP contribution in [0.2, 0.25) is 0 Å². The molecule has 20 heavy (non-hydrogen) atoms. The minimum Gasteiger partial charge on any atom is -0.341 e. The molecule has 0 radical (unpaired) electrons. The minimum atomic E-state index is 0.336. The normalized spacial score (nSPS) is 12.9. The molecule has 3 rings (SSSR count). The van der Waals surface area contributed by atoms with Gasteiger partial charge in [-0.2, -0.15) is 0 Å². The maximum Gasteiger partial charge on any atom is 0.110 e. The molecule has 0 aliphatic carbocycles. The first kappa shape index (κ1) is 13.3. The Bertz CT molecular complexity index is 665. The van der Waals surface area contributed by atoms with Gasteiger partial charge in [0.15, 0.2) is 0 Å². The van der Waals surface area contributed by atoms with Gasteiger partial charge >= 0.3 is 0 Å². The highest BCUT2D eigenvalue weighted by molar-refractivity contribution is 7.22. The van der Waals surface area contributed by atoms with Crippen molar-refractivity contribution in [2.24, 2.45) is 5.73 Å². The van der Waals surface area contributed by atoms with E-state index < -0.39 is 0 Å².